The zero-order chi connectivity index (χ0) is 16.5. The summed E-state index contributed by atoms with van der Waals surface area (Å²) in [5.41, 5.74) is 0.604. The number of carbonyl (C=O) groups excluding carboxylic acids is 1. The first-order chi connectivity index (χ1) is 11.7. The Balaban J connectivity index is 1.62. The Bertz CT molecular complexity index is 959. The molecule has 122 valence electrons. The number of H-pyrrole nitrogens is 1. The van der Waals surface area contributed by atoms with Crippen LogP contribution < -0.4 is 10.9 Å². The summed E-state index contributed by atoms with van der Waals surface area (Å²) in [5, 5.41) is 12.6. The van der Waals surface area contributed by atoms with Crippen molar-refractivity contribution in [1.29, 1.82) is 0 Å². The first kappa shape index (κ1) is 15.0. The third-order valence-corrected chi connectivity index (χ3v) is 4.79. The van der Waals surface area contributed by atoms with Gasteiger partial charge in [-0.3, -0.25) is 14.9 Å². The maximum atomic E-state index is 12.6. The van der Waals surface area contributed by atoms with E-state index in [2.05, 4.69) is 20.5 Å². The van der Waals surface area contributed by atoms with Gasteiger partial charge in [0.1, 0.15) is 11.1 Å². The lowest BCUT2D eigenvalue weighted by Crippen LogP contribution is -2.16. The van der Waals surface area contributed by atoms with E-state index in [9.17, 15) is 9.59 Å². The van der Waals surface area contributed by atoms with Crippen molar-refractivity contribution in [2.24, 2.45) is 0 Å². The van der Waals surface area contributed by atoms with Crippen LogP contribution in [-0.4, -0.2) is 27.7 Å². The number of nitrogens with zero attached hydrogens (tertiary/aromatic N) is 2. The lowest BCUT2D eigenvalue weighted by molar-refractivity contribution is 0.102. The van der Waals surface area contributed by atoms with Crippen LogP contribution in [0.4, 0.5) is 5.13 Å². The number of fused-ring (bicyclic) bond motifs is 1. The number of para-hydroxylation sites is 1. The largest absolute Gasteiger partial charge is 0.371 e. The Morgan fingerprint density at radius 1 is 1.33 bits per heavy atom. The van der Waals surface area contributed by atoms with Gasteiger partial charge in [0.15, 0.2) is 0 Å². The minimum absolute atomic E-state index is 0.0337. The average Bonchev–Trinajstić information content (AvgIpc) is 3.25. The molecule has 0 bridgehead atoms. The van der Waals surface area contributed by atoms with E-state index in [0.717, 1.165) is 24.5 Å². The highest BCUT2D eigenvalue weighted by Gasteiger charge is 2.22. The van der Waals surface area contributed by atoms with Crippen LogP contribution in [0, 0.1) is 0 Å². The maximum absolute atomic E-state index is 12.6. The molecule has 0 spiro atoms. The second kappa shape index (κ2) is 6.14. The SMILES string of the molecule is O=C(Nc1nnc(C2CCCO2)s1)c1cc(=O)[nH]c2ccccc12. The molecule has 7 nitrogen and oxygen atoms in total. The van der Waals surface area contributed by atoms with Crippen molar-refractivity contribution in [3.05, 3.63) is 51.3 Å². The number of anilines is 1. The molecule has 1 unspecified atom stereocenters. The third-order valence-electron chi connectivity index (χ3n) is 3.86. The molecule has 2 aromatic heterocycles. The van der Waals surface area contributed by atoms with Crippen LogP contribution >= 0.6 is 11.3 Å². The topological polar surface area (TPSA) is 97.0 Å². The molecular formula is C16H14N4O3S. The van der Waals surface area contributed by atoms with Crippen LogP contribution in [0.15, 0.2) is 35.1 Å². The van der Waals surface area contributed by atoms with E-state index in [4.69, 9.17) is 4.74 Å². The van der Waals surface area contributed by atoms with Gasteiger partial charge in [-0.25, -0.2) is 0 Å². The first-order valence-corrected chi connectivity index (χ1v) is 8.41. The molecule has 4 rings (SSSR count). The molecule has 0 saturated carbocycles. The average molecular weight is 342 g/mol. The monoisotopic (exact) mass is 342 g/mol. The number of rotatable bonds is 3. The van der Waals surface area contributed by atoms with E-state index in [1.54, 1.807) is 18.2 Å². The van der Waals surface area contributed by atoms with Gasteiger partial charge < -0.3 is 9.72 Å². The van der Waals surface area contributed by atoms with Gasteiger partial charge in [-0.05, 0) is 18.9 Å². The van der Waals surface area contributed by atoms with Crippen LogP contribution in [0.2, 0.25) is 0 Å². The van der Waals surface area contributed by atoms with Crippen LogP contribution in [0.1, 0.15) is 34.3 Å². The summed E-state index contributed by atoms with van der Waals surface area (Å²) in [6, 6.07) is 8.46. The molecule has 1 amide bonds. The number of aromatic amines is 1. The standard InChI is InChI=1S/C16H14N4O3S/c21-13-8-10(9-4-1-2-5-11(9)17-13)14(22)18-16-20-19-15(24-16)12-6-3-7-23-12/h1-2,4-5,8,12H,3,6-7H2,(H,17,21)(H,18,20,22). The van der Waals surface area contributed by atoms with Crippen molar-refractivity contribution in [3.8, 4) is 0 Å². The summed E-state index contributed by atoms with van der Waals surface area (Å²) in [5.74, 6) is -0.382. The Kier molecular flexibility index (Phi) is 3.83. The second-order valence-corrected chi connectivity index (χ2v) is 6.50. The van der Waals surface area contributed by atoms with E-state index >= 15 is 0 Å². The van der Waals surface area contributed by atoms with E-state index in [1.807, 2.05) is 6.07 Å². The third kappa shape index (κ3) is 2.81. The number of aromatic nitrogens is 3. The molecule has 8 heteroatoms. The molecule has 1 fully saturated rings. The Morgan fingerprint density at radius 3 is 3.04 bits per heavy atom. The quantitative estimate of drug-likeness (QED) is 0.762. The Morgan fingerprint density at radius 2 is 2.21 bits per heavy atom. The van der Waals surface area contributed by atoms with Gasteiger partial charge in [0.2, 0.25) is 10.7 Å². The van der Waals surface area contributed by atoms with Gasteiger partial charge in [-0.15, -0.1) is 10.2 Å². The number of ether oxygens (including phenoxy) is 1. The molecule has 3 aromatic rings. The molecular weight excluding hydrogens is 328 g/mol. The predicted molar refractivity (Wildman–Crippen MR) is 90.4 cm³/mol. The van der Waals surface area contributed by atoms with Crippen LogP contribution in [0.5, 0.6) is 0 Å². The molecule has 2 N–H and O–H groups in total. The summed E-state index contributed by atoms with van der Waals surface area (Å²) in [7, 11) is 0. The van der Waals surface area contributed by atoms with Crippen molar-refractivity contribution in [2.45, 2.75) is 18.9 Å². The second-order valence-electron chi connectivity index (χ2n) is 5.49. The molecule has 1 saturated heterocycles. The first-order valence-electron chi connectivity index (χ1n) is 7.59. The van der Waals surface area contributed by atoms with E-state index < -0.39 is 0 Å². The fraction of sp³-hybridized carbons (Fsp3) is 0.250. The van der Waals surface area contributed by atoms with Gasteiger partial charge in [0.25, 0.3) is 5.91 Å². The minimum atomic E-state index is -0.382. The van der Waals surface area contributed by atoms with E-state index in [-0.39, 0.29) is 17.6 Å². The number of hydrogen-bond donors (Lipinski definition) is 2. The highest BCUT2D eigenvalue weighted by molar-refractivity contribution is 7.15. The smallest absolute Gasteiger partial charge is 0.258 e. The summed E-state index contributed by atoms with van der Waals surface area (Å²) >= 11 is 1.30. The molecule has 1 aromatic carbocycles. The number of carbonyl (C=O) groups is 1. The summed E-state index contributed by atoms with van der Waals surface area (Å²) in [6.45, 7) is 0.727. The number of amides is 1. The highest BCUT2D eigenvalue weighted by atomic mass is 32.1. The number of benzene rings is 1. The molecule has 1 atom stereocenters. The molecule has 0 radical (unpaired) electrons. The van der Waals surface area contributed by atoms with Crippen LogP contribution in [0.25, 0.3) is 10.9 Å². The summed E-state index contributed by atoms with van der Waals surface area (Å²) in [6.07, 6.45) is 1.89. The van der Waals surface area contributed by atoms with E-state index in [1.165, 1.54) is 17.4 Å². The van der Waals surface area contributed by atoms with Crippen molar-refractivity contribution in [1.82, 2.24) is 15.2 Å². The molecule has 3 heterocycles. The molecule has 1 aliphatic heterocycles. The highest BCUT2D eigenvalue weighted by Crippen LogP contribution is 2.32. The van der Waals surface area contributed by atoms with E-state index in [0.29, 0.717) is 21.6 Å². The lowest BCUT2D eigenvalue weighted by atomic mass is 10.1. The number of nitrogens with one attached hydrogen (secondary N) is 2. The van der Waals surface area contributed by atoms with Crippen molar-refractivity contribution < 1.29 is 9.53 Å². The maximum Gasteiger partial charge on any atom is 0.258 e. The van der Waals surface area contributed by atoms with Crippen LogP contribution in [-0.2, 0) is 4.74 Å². The zero-order valence-electron chi connectivity index (χ0n) is 12.6. The summed E-state index contributed by atoms with van der Waals surface area (Å²) in [4.78, 5) is 27.0. The normalized spacial score (nSPS) is 17.2. The molecule has 1 aliphatic rings. The number of hydrogen-bond acceptors (Lipinski definition) is 6. The Hall–Kier alpha value is -2.58. The van der Waals surface area contributed by atoms with Gasteiger partial charge >= 0.3 is 0 Å². The van der Waals surface area contributed by atoms with Crippen molar-refractivity contribution >= 4 is 33.3 Å². The predicted octanol–water partition coefficient (Wildman–Crippen LogP) is 2.48. The fourth-order valence-electron chi connectivity index (χ4n) is 2.74. The minimum Gasteiger partial charge on any atom is -0.371 e. The van der Waals surface area contributed by atoms with Gasteiger partial charge in [0.05, 0.1) is 5.56 Å². The fourth-order valence-corrected chi connectivity index (χ4v) is 3.57. The van der Waals surface area contributed by atoms with Crippen molar-refractivity contribution in [3.63, 3.8) is 0 Å². The number of pyridine rings is 1. The van der Waals surface area contributed by atoms with Gasteiger partial charge in [0, 0.05) is 23.6 Å². The summed E-state index contributed by atoms with van der Waals surface area (Å²) < 4.78 is 5.57. The van der Waals surface area contributed by atoms with Crippen molar-refractivity contribution in [2.75, 3.05) is 11.9 Å². The molecule has 24 heavy (non-hydrogen) atoms. The van der Waals surface area contributed by atoms with Gasteiger partial charge in [-0.1, -0.05) is 29.5 Å². The zero-order valence-corrected chi connectivity index (χ0v) is 13.4. The lowest BCUT2D eigenvalue weighted by Gasteiger charge is -2.05. The Labute approximate surface area is 140 Å². The van der Waals surface area contributed by atoms with Crippen LogP contribution in [0.3, 0.4) is 0 Å². The molecule has 0 aliphatic carbocycles. The van der Waals surface area contributed by atoms with Gasteiger partial charge in [-0.2, -0.15) is 0 Å².